The molecule has 0 heterocycles. The molecule has 1 aromatic carbocycles. The fourth-order valence-electron chi connectivity index (χ4n) is 1.75. The Hall–Kier alpha value is -2.11. The van der Waals surface area contributed by atoms with Crippen molar-refractivity contribution in [3.05, 3.63) is 29.8 Å². The van der Waals surface area contributed by atoms with Crippen molar-refractivity contribution in [1.82, 2.24) is 9.62 Å². The average molecular weight is 353 g/mol. The molecule has 0 saturated heterocycles. The highest BCUT2D eigenvalue weighted by Crippen LogP contribution is 2.11. The van der Waals surface area contributed by atoms with Crippen LogP contribution in [-0.4, -0.2) is 45.1 Å². The normalized spacial score (nSPS) is 11.6. The van der Waals surface area contributed by atoms with E-state index in [2.05, 4.69) is 4.72 Å². The first-order valence-corrected chi connectivity index (χ1v) is 8.97. The molecule has 0 fully saturated rings. The van der Waals surface area contributed by atoms with Crippen molar-refractivity contribution < 1.29 is 17.9 Å². The quantitative estimate of drug-likeness (QED) is 0.790. The second-order valence-electron chi connectivity index (χ2n) is 6.29. The van der Waals surface area contributed by atoms with Crippen molar-refractivity contribution in [2.45, 2.75) is 37.7 Å². The maximum absolute atomic E-state index is 12.1. The molecular weight excluding hydrogens is 330 g/mol. The number of carbonyl (C=O) groups is 1. The van der Waals surface area contributed by atoms with Crippen LogP contribution in [0.3, 0.4) is 0 Å². The first kappa shape index (κ1) is 19.9. The van der Waals surface area contributed by atoms with Gasteiger partial charge in [-0.1, -0.05) is 0 Å². The third-order valence-corrected chi connectivity index (χ3v) is 4.44. The van der Waals surface area contributed by atoms with E-state index in [9.17, 15) is 13.2 Å². The molecule has 0 aromatic heterocycles. The Morgan fingerprint density at radius 2 is 1.88 bits per heavy atom. The van der Waals surface area contributed by atoms with Gasteiger partial charge in [0, 0.05) is 20.1 Å². The molecule has 0 saturated carbocycles. The van der Waals surface area contributed by atoms with E-state index in [4.69, 9.17) is 10.00 Å². The molecule has 1 aromatic rings. The number of nitrogens with one attached hydrogen (secondary N) is 1. The van der Waals surface area contributed by atoms with E-state index in [-0.39, 0.29) is 11.4 Å². The van der Waals surface area contributed by atoms with Gasteiger partial charge in [-0.2, -0.15) is 5.26 Å². The number of amides is 1. The summed E-state index contributed by atoms with van der Waals surface area (Å²) in [6.45, 7) is 5.90. The lowest BCUT2D eigenvalue weighted by molar-refractivity contribution is 0.0298. The van der Waals surface area contributed by atoms with Gasteiger partial charge in [-0.3, -0.25) is 0 Å². The molecule has 0 atom stereocenters. The third kappa shape index (κ3) is 6.56. The summed E-state index contributed by atoms with van der Waals surface area (Å²) in [5.74, 6) is 0. The lowest BCUT2D eigenvalue weighted by Crippen LogP contribution is -2.36. The van der Waals surface area contributed by atoms with E-state index in [1.807, 2.05) is 6.07 Å². The molecule has 0 bridgehead atoms. The standard InChI is InChI=1S/C16H23N3O4S/c1-16(2,3)23-15(20)19(4)11-5-10-18-24(21,22)14-8-6-13(12-17)7-9-14/h6-9,18H,5,10-11H2,1-4H3. The van der Waals surface area contributed by atoms with E-state index in [0.29, 0.717) is 18.5 Å². The van der Waals surface area contributed by atoms with Crippen LogP contribution in [0.2, 0.25) is 0 Å². The fraction of sp³-hybridized carbons (Fsp3) is 0.500. The first-order chi connectivity index (χ1) is 11.0. The monoisotopic (exact) mass is 353 g/mol. The zero-order chi connectivity index (χ0) is 18.4. The molecule has 1 N–H and O–H groups in total. The van der Waals surface area contributed by atoms with Crippen molar-refractivity contribution in [1.29, 1.82) is 5.26 Å². The van der Waals surface area contributed by atoms with Gasteiger partial charge in [0.25, 0.3) is 0 Å². The van der Waals surface area contributed by atoms with Crippen molar-refractivity contribution in [2.75, 3.05) is 20.1 Å². The van der Waals surface area contributed by atoms with E-state index in [1.54, 1.807) is 27.8 Å². The molecule has 1 rings (SSSR count). The minimum Gasteiger partial charge on any atom is -0.444 e. The number of rotatable bonds is 6. The molecule has 0 unspecified atom stereocenters. The smallest absolute Gasteiger partial charge is 0.410 e. The number of hydrogen-bond donors (Lipinski definition) is 1. The second-order valence-corrected chi connectivity index (χ2v) is 8.06. The van der Waals surface area contributed by atoms with Crippen LogP contribution >= 0.6 is 0 Å². The van der Waals surface area contributed by atoms with Crippen LogP contribution in [0.5, 0.6) is 0 Å². The van der Waals surface area contributed by atoms with E-state index in [0.717, 1.165) is 0 Å². The number of benzene rings is 1. The molecule has 0 radical (unpaired) electrons. The number of ether oxygens (including phenoxy) is 1. The minimum atomic E-state index is -3.63. The summed E-state index contributed by atoms with van der Waals surface area (Å²) in [5.41, 5.74) is -0.171. The van der Waals surface area contributed by atoms with Crippen LogP contribution in [0.15, 0.2) is 29.2 Å². The summed E-state index contributed by atoms with van der Waals surface area (Å²) in [6.07, 6.45) is 0.00285. The van der Waals surface area contributed by atoms with Crippen LogP contribution < -0.4 is 4.72 Å². The Morgan fingerprint density at radius 1 is 1.29 bits per heavy atom. The molecule has 1 amide bonds. The van der Waals surface area contributed by atoms with E-state index in [1.165, 1.54) is 29.2 Å². The van der Waals surface area contributed by atoms with Crippen LogP contribution in [0.25, 0.3) is 0 Å². The number of nitriles is 1. The minimum absolute atomic E-state index is 0.0991. The predicted octanol–water partition coefficient (Wildman–Crippen LogP) is 2.09. The number of carbonyl (C=O) groups excluding carboxylic acids is 1. The summed E-state index contributed by atoms with van der Waals surface area (Å²) in [6, 6.07) is 7.60. The van der Waals surface area contributed by atoms with Crippen LogP contribution in [0, 0.1) is 11.3 Å². The first-order valence-electron chi connectivity index (χ1n) is 7.49. The summed E-state index contributed by atoms with van der Waals surface area (Å²) >= 11 is 0. The summed E-state index contributed by atoms with van der Waals surface area (Å²) in [7, 11) is -2.03. The predicted molar refractivity (Wildman–Crippen MR) is 89.8 cm³/mol. The van der Waals surface area contributed by atoms with E-state index < -0.39 is 21.7 Å². The third-order valence-electron chi connectivity index (χ3n) is 2.96. The van der Waals surface area contributed by atoms with E-state index >= 15 is 0 Å². The Labute approximate surface area is 143 Å². The molecule has 0 aliphatic carbocycles. The number of sulfonamides is 1. The molecule has 24 heavy (non-hydrogen) atoms. The average Bonchev–Trinajstić information content (AvgIpc) is 2.49. The summed E-state index contributed by atoms with van der Waals surface area (Å²) < 4.78 is 31.9. The maximum atomic E-state index is 12.1. The second kappa shape index (κ2) is 8.13. The van der Waals surface area contributed by atoms with Crippen LogP contribution in [0.1, 0.15) is 32.8 Å². The molecule has 0 aliphatic rings. The van der Waals surface area contributed by atoms with Gasteiger partial charge in [0.2, 0.25) is 10.0 Å². The molecule has 8 heteroatoms. The van der Waals surface area contributed by atoms with Gasteiger partial charge in [0.1, 0.15) is 5.60 Å². The number of hydrogen-bond acceptors (Lipinski definition) is 5. The Balaban J connectivity index is 2.46. The highest BCUT2D eigenvalue weighted by Gasteiger charge is 2.19. The van der Waals surface area contributed by atoms with Crippen LogP contribution in [-0.2, 0) is 14.8 Å². The summed E-state index contributed by atoms with van der Waals surface area (Å²) in [4.78, 5) is 13.3. The largest absolute Gasteiger partial charge is 0.444 e. The SMILES string of the molecule is CN(CCCNS(=O)(=O)c1ccc(C#N)cc1)C(=O)OC(C)(C)C. The highest BCUT2D eigenvalue weighted by molar-refractivity contribution is 7.89. The Morgan fingerprint density at radius 3 is 2.38 bits per heavy atom. The Bertz CT molecular complexity index is 700. The van der Waals surface area contributed by atoms with Crippen molar-refractivity contribution in [3.8, 4) is 6.07 Å². The van der Waals surface area contributed by atoms with Gasteiger partial charge in [0.15, 0.2) is 0 Å². The molecule has 132 valence electrons. The van der Waals surface area contributed by atoms with Crippen molar-refractivity contribution in [3.63, 3.8) is 0 Å². The topological polar surface area (TPSA) is 99.5 Å². The molecule has 0 spiro atoms. The zero-order valence-corrected chi connectivity index (χ0v) is 15.2. The van der Waals surface area contributed by atoms with Gasteiger partial charge in [-0.25, -0.2) is 17.9 Å². The molecule has 7 nitrogen and oxygen atoms in total. The maximum Gasteiger partial charge on any atom is 0.410 e. The van der Waals surface area contributed by atoms with Gasteiger partial charge in [-0.05, 0) is 51.5 Å². The lowest BCUT2D eigenvalue weighted by atomic mass is 10.2. The molecule has 0 aliphatic heterocycles. The van der Waals surface area contributed by atoms with Crippen LogP contribution in [0.4, 0.5) is 4.79 Å². The van der Waals surface area contributed by atoms with Gasteiger partial charge in [0.05, 0.1) is 16.5 Å². The zero-order valence-electron chi connectivity index (χ0n) is 14.4. The van der Waals surface area contributed by atoms with Gasteiger partial charge >= 0.3 is 6.09 Å². The van der Waals surface area contributed by atoms with Crippen molar-refractivity contribution in [2.24, 2.45) is 0 Å². The van der Waals surface area contributed by atoms with Gasteiger partial charge in [-0.15, -0.1) is 0 Å². The molecular formula is C16H23N3O4S. The number of nitrogens with zero attached hydrogens (tertiary/aromatic N) is 2. The Kier molecular flexibility index (Phi) is 6.75. The van der Waals surface area contributed by atoms with Crippen molar-refractivity contribution >= 4 is 16.1 Å². The fourth-order valence-corrected chi connectivity index (χ4v) is 2.82. The lowest BCUT2D eigenvalue weighted by Gasteiger charge is -2.24. The highest BCUT2D eigenvalue weighted by atomic mass is 32.2. The summed E-state index contributed by atoms with van der Waals surface area (Å²) in [5, 5.41) is 8.71. The van der Waals surface area contributed by atoms with Gasteiger partial charge < -0.3 is 9.64 Å².